The third kappa shape index (κ3) is 6.64. The van der Waals surface area contributed by atoms with Crippen molar-refractivity contribution in [3.05, 3.63) is 53.0 Å². The first kappa shape index (κ1) is 17.8. The van der Waals surface area contributed by atoms with Crippen LogP contribution in [0, 0.1) is 0 Å². The molecule has 0 saturated carbocycles. The van der Waals surface area contributed by atoms with Crippen molar-refractivity contribution >= 4 is 39.3 Å². The molecule has 0 spiro atoms. The molecular formula is C17H18BrNO3S. The van der Waals surface area contributed by atoms with E-state index in [9.17, 15) is 9.90 Å². The molecule has 1 atom stereocenters. The zero-order chi connectivity index (χ0) is 16.7. The number of hydrogen-bond acceptors (Lipinski definition) is 4. The van der Waals surface area contributed by atoms with E-state index >= 15 is 0 Å². The van der Waals surface area contributed by atoms with Crippen LogP contribution in [0.1, 0.15) is 6.92 Å². The number of rotatable bonds is 7. The lowest BCUT2D eigenvalue weighted by molar-refractivity contribution is -0.114. The van der Waals surface area contributed by atoms with Crippen molar-refractivity contribution in [2.75, 3.05) is 17.7 Å². The summed E-state index contributed by atoms with van der Waals surface area (Å²) in [4.78, 5) is 12.0. The second-order valence-corrected chi connectivity index (χ2v) is 6.95. The van der Waals surface area contributed by atoms with Crippen LogP contribution < -0.4 is 10.1 Å². The molecule has 0 fully saturated rings. The summed E-state index contributed by atoms with van der Waals surface area (Å²) in [6.07, 6.45) is -0.561. The van der Waals surface area contributed by atoms with Crippen molar-refractivity contribution in [3.8, 4) is 5.75 Å². The first-order chi connectivity index (χ1) is 11.0. The molecule has 0 radical (unpaired) electrons. The van der Waals surface area contributed by atoms with Gasteiger partial charge >= 0.3 is 0 Å². The van der Waals surface area contributed by atoms with Crippen LogP contribution in [-0.2, 0) is 4.79 Å². The maximum atomic E-state index is 11.0. The van der Waals surface area contributed by atoms with Crippen LogP contribution in [0.3, 0.4) is 0 Å². The summed E-state index contributed by atoms with van der Waals surface area (Å²) in [5.41, 5.74) is 0.764. The van der Waals surface area contributed by atoms with Crippen LogP contribution >= 0.6 is 27.7 Å². The summed E-state index contributed by atoms with van der Waals surface area (Å²) in [7, 11) is 0. The molecule has 4 nitrogen and oxygen atoms in total. The zero-order valence-electron chi connectivity index (χ0n) is 12.7. The van der Waals surface area contributed by atoms with E-state index in [1.165, 1.54) is 6.92 Å². The summed E-state index contributed by atoms with van der Waals surface area (Å²) in [6.45, 7) is 1.72. The van der Waals surface area contributed by atoms with E-state index in [4.69, 9.17) is 4.74 Å². The average molecular weight is 396 g/mol. The number of carbonyl (C=O) groups excluding carboxylic acids is 1. The third-order valence-corrected chi connectivity index (χ3v) is 4.51. The highest BCUT2D eigenvalue weighted by Gasteiger charge is 2.07. The van der Waals surface area contributed by atoms with E-state index in [-0.39, 0.29) is 12.5 Å². The van der Waals surface area contributed by atoms with Crippen LogP contribution in [0.2, 0.25) is 0 Å². The van der Waals surface area contributed by atoms with Crippen molar-refractivity contribution in [2.45, 2.75) is 17.9 Å². The lowest BCUT2D eigenvalue weighted by atomic mass is 10.3. The Labute approximate surface area is 148 Å². The number of amides is 1. The van der Waals surface area contributed by atoms with E-state index in [2.05, 4.69) is 21.2 Å². The number of halogens is 1. The molecule has 6 heteroatoms. The summed E-state index contributed by atoms with van der Waals surface area (Å²) in [5.74, 6) is 1.17. The fraction of sp³-hybridized carbons (Fsp3) is 0.235. The minimum Gasteiger partial charge on any atom is -0.491 e. The molecule has 23 heavy (non-hydrogen) atoms. The molecule has 0 aliphatic carbocycles. The molecule has 0 aliphatic heterocycles. The molecule has 2 N–H and O–H groups in total. The van der Waals surface area contributed by atoms with Crippen molar-refractivity contribution in [1.29, 1.82) is 0 Å². The maximum absolute atomic E-state index is 11.0. The molecule has 0 aromatic heterocycles. The molecular weight excluding hydrogens is 378 g/mol. The Balaban J connectivity index is 1.75. The highest BCUT2D eigenvalue weighted by molar-refractivity contribution is 9.10. The van der Waals surface area contributed by atoms with Gasteiger partial charge in [-0.05, 0) is 42.5 Å². The minimum absolute atomic E-state index is 0.0921. The van der Waals surface area contributed by atoms with Crippen molar-refractivity contribution < 1.29 is 14.6 Å². The SMILES string of the molecule is CC(=O)Nc1ccc(SC[C@@H](O)COc2cccc(Br)c2)cc1. The van der Waals surface area contributed by atoms with Crippen LogP contribution in [0.25, 0.3) is 0 Å². The van der Waals surface area contributed by atoms with Gasteiger partial charge in [-0.3, -0.25) is 4.79 Å². The number of hydrogen-bond donors (Lipinski definition) is 2. The summed E-state index contributed by atoms with van der Waals surface area (Å²) >= 11 is 4.92. The standard InChI is InChI=1S/C17H18BrNO3S/c1-12(20)19-14-5-7-17(8-6-14)23-11-15(21)10-22-16-4-2-3-13(18)9-16/h2-9,15,21H,10-11H2,1H3,(H,19,20)/t15-/m0/s1. The Morgan fingerprint density at radius 1 is 1.30 bits per heavy atom. The predicted octanol–water partition coefficient (Wildman–Crippen LogP) is 3.94. The highest BCUT2D eigenvalue weighted by Crippen LogP contribution is 2.22. The second kappa shape index (κ2) is 8.96. The van der Waals surface area contributed by atoms with Crippen molar-refractivity contribution in [2.24, 2.45) is 0 Å². The van der Waals surface area contributed by atoms with Crippen LogP contribution in [0.15, 0.2) is 57.9 Å². The molecule has 0 bridgehead atoms. The molecule has 0 saturated heterocycles. The van der Waals surface area contributed by atoms with Gasteiger partial charge in [-0.1, -0.05) is 22.0 Å². The van der Waals surface area contributed by atoms with Crippen LogP contribution in [0.4, 0.5) is 5.69 Å². The van der Waals surface area contributed by atoms with E-state index in [1.54, 1.807) is 11.8 Å². The molecule has 122 valence electrons. The first-order valence-electron chi connectivity index (χ1n) is 7.10. The number of anilines is 1. The number of aliphatic hydroxyl groups is 1. The maximum Gasteiger partial charge on any atom is 0.221 e. The smallest absolute Gasteiger partial charge is 0.221 e. The molecule has 2 aromatic carbocycles. The Kier molecular flexibility index (Phi) is 6.95. The Morgan fingerprint density at radius 2 is 2.04 bits per heavy atom. The number of carbonyl (C=O) groups is 1. The minimum atomic E-state index is -0.561. The molecule has 0 aliphatic rings. The molecule has 0 heterocycles. The number of thioether (sulfide) groups is 1. The predicted molar refractivity (Wildman–Crippen MR) is 97.1 cm³/mol. The lowest BCUT2D eigenvalue weighted by Crippen LogP contribution is -2.20. The van der Waals surface area contributed by atoms with Gasteiger partial charge < -0.3 is 15.2 Å². The third-order valence-electron chi connectivity index (χ3n) is 2.86. The van der Waals surface area contributed by atoms with E-state index < -0.39 is 6.10 Å². The number of ether oxygens (including phenoxy) is 1. The second-order valence-electron chi connectivity index (χ2n) is 4.94. The average Bonchev–Trinajstić information content (AvgIpc) is 2.52. The number of aliphatic hydroxyl groups excluding tert-OH is 1. The van der Waals surface area contributed by atoms with Crippen LogP contribution in [-0.4, -0.2) is 29.5 Å². The van der Waals surface area contributed by atoms with Crippen LogP contribution in [0.5, 0.6) is 5.75 Å². The van der Waals surface area contributed by atoms with Gasteiger partial charge in [0.05, 0.1) is 6.10 Å². The fourth-order valence-electron chi connectivity index (χ4n) is 1.83. The number of benzene rings is 2. The van der Waals surface area contributed by atoms with Gasteiger partial charge in [-0.25, -0.2) is 0 Å². The monoisotopic (exact) mass is 395 g/mol. The Bertz CT molecular complexity index is 649. The number of nitrogens with one attached hydrogen (secondary N) is 1. The summed E-state index contributed by atoms with van der Waals surface area (Å²) in [6, 6.07) is 15.0. The van der Waals surface area contributed by atoms with E-state index in [1.807, 2.05) is 48.5 Å². The first-order valence-corrected chi connectivity index (χ1v) is 8.87. The van der Waals surface area contributed by atoms with Gasteiger partial charge in [0.25, 0.3) is 0 Å². The van der Waals surface area contributed by atoms with E-state index in [0.717, 1.165) is 20.8 Å². The normalized spacial score (nSPS) is 11.8. The summed E-state index contributed by atoms with van der Waals surface area (Å²) < 4.78 is 6.50. The highest BCUT2D eigenvalue weighted by atomic mass is 79.9. The largest absolute Gasteiger partial charge is 0.491 e. The molecule has 2 aromatic rings. The Morgan fingerprint density at radius 3 is 2.70 bits per heavy atom. The quantitative estimate of drug-likeness (QED) is 0.697. The summed E-state index contributed by atoms with van der Waals surface area (Å²) in [5, 5.41) is 12.7. The molecule has 1 amide bonds. The molecule has 0 unspecified atom stereocenters. The van der Waals surface area contributed by atoms with Gasteiger partial charge in [0.1, 0.15) is 12.4 Å². The zero-order valence-corrected chi connectivity index (χ0v) is 15.1. The Hall–Kier alpha value is -1.50. The topological polar surface area (TPSA) is 58.6 Å². The van der Waals surface area contributed by atoms with Crippen molar-refractivity contribution in [1.82, 2.24) is 0 Å². The van der Waals surface area contributed by atoms with Crippen molar-refractivity contribution in [3.63, 3.8) is 0 Å². The van der Waals surface area contributed by atoms with Gasteiger partial charge in [-0.15, -0.1) is 11.8 Å². The van der Waals surface area contributed by atoms with Gasteiger partial charge in [0, 0.05) is 27.7 Å². The van der Waals surface area contributed by atoms with Gasteiger partial charge in [0.15, 0.2) is 0 Å². The van der Waals surface area contributed by atoms with Gasteiger partial charge in [-0.2, -0.15) is 0 Å². The fourth-order valence-corrected chi connectivity index (χ4v) is 3.02. The van der Waals surface area contributed by atoms with E-state index in [0.29, 0.717) is 5.75 Å². The van der Waals surface area contributed by atoms with Gasteiger partial charge in [0.2, 0.25) is 5.91 Å². The lowest BCUT2D eigenvalue weighted by Gasteiger charge is -2.12. The molecule has 2 rings (SSSR count).